The minimum Gasteiger partial charge on any atom is -0.448 e. The first kappa shape index (κ1) is 61.9. The van der Waals surface area contributed by atoms with Gasteiger partial charge in [0.2, 0.25) is 5.91 Å². The zero-order valence-corrected chi connectivity index (χ0v) is 44.6. The van der Waals surface area contributed by atoms with Crippen LogP contribution in [0, 0.1) is 23.2 Å². The van der Waals surface area contributed by atoms with Crippen molar-refractivity contribution in [3.63, 3.8) is 0 Å². The summed E-state index contributed by atoms with van der Waals surface area (Å²) in [5.41, 5.74) is 6.90. The third-order valence-electron chi connectivity index (χ3n) is 14.1. The summed E-state index contributed by atoms with van der Waals surface area (Å²) >= 11 is 0. The Morgan fingerprint density at radius 3 is 2.31 bits per heavy atom. The van der Waals surface area contributed by atoms with Gasteiger partial charge >= 0.3 is 7.82 Å². The number of oxazole rings is 1. The van der Waals surface area contributed by atoms with E-state index < -0.39 is 110 Å². The van der Waals surface area contributed by atoms with Crippen molar-refractivity contribution in [2.24, 2.45) is 28.9 Å². The molecule has 1 spiro atoms. The standard InChI is InChI=1S/C50H83N4O16P/c1-28(22-41(51)57)16-14-17-29(2)31(4)23-32(5)42(58)34(7)37(55)24-40(66-13)45-46(70-71(62,63)64)49(8,9)50(69-45)25-38(56)33(6)39(68-50)19-15-18-35-26-67-48(53-35)30(3)20-21-52-47(61)44(60)43(59)36(27-65-12)54(10)11/h14-18,22-23,26,30,32-34,36-40,42-46,55-56,58-60H,19-21,24-25,27H2,1-13H3,(H2,51,57)(H,52,61)(H2,62,63,64)/b16-14+,18-15+,28-22-,29-17+,31-23+/t30-,32+,33-,34-,36-,37-,38+,39-,40-,42+,43-,44-,45+,46-,50?/m0/s1. The lowest BCUT2D eigenvalue weighted by Crippen LogP contribution is -2.58. The highest BCUT2D eigenvalue weighted by Crippen LogP contribution is 2.59. The summed E-state index contributed by atoms with van der Waals surface area (Å²) in [5.74, 6) is -4.23. The van der Waals surface area contributed by atoms with Crippen LogP contribution in [0.25, 0.3) is 6.08 Å². The molecule has 1 aromatic rings. The lowest BCUT2D eigenvalue weighted by Gasteiger charge is -2.50. The minimum absolute atomic E-state index is 0.0709. The lowest BCUT2D eigenvalue weighted by atomic mass is 9.72. The fourth-order valence-electron chi connectivity index (χ4n) is 9.09. The number of hydrogen-bond acceptors (Lipinski definition) is 16. The van der Waals surface area contributed by atoms with Gasteiger partial charge < -0.3 is 74.6 Å². The zero-order chi connectivity index (χ0) is 53.8. The number of amides is 2. The van der Waals surface area contributed by atoms with Gasteiger partial charge in [-0.3, -0.25) is 14.1 Å². The second-order valence-electron chi connectivity index (χ2n) is 20.1. The molecule has 21 heteroatoms. The molecule has 2 aliphatic rings. The Bertz CT molecular complexity index is 2080. The number of phosphoric acid groups is 1. The van der Waals surface area contributed by atoms with Crippen molar-refractivity contribution in [1.29, 1.82) is 0 Å². The quantitative estimate of drug-likeness (QED) is 0.0345. The molecule has 2 amide bonds. The number of aromatic nitrogens is 1. The minimum atomic E-state index is -5.16. The van der Waals surface area contributed by atoms with E-state index in [1.807, 2.05) is 46.8 Å². The number of carbonyl (C=O) groups is 2. The number of methoxy groups -OCH3 is 2. The Balaban J connectivity index is 1.74. The number of nitrogens with two attached hydrogens (primary N) is 1. The first-order valence-electron chi connectivity index (χ1n) is 24.1. The molecular weight excluding hydrogens is 944 g/mol. The molecule has 0 aliphatic carbocycles. The Morgan fingerprint density at radius 2 is 1.72 bits per heavy atom. The summed E-state index contributed by atoms with van der Waals surface area (Å²) in [7, 11) is 1.10. The van der Waals surface area contributed by atoms with Crippen LogP contribution in [0.4, 0.5) is 0 Å². The maximum Gasteiger partial charge on any atom is 0.469 e. The molecule has 404 valence electrons. The second kappa shape index (κ2) is 27.2. The van der Waals surface area contributed by atoms with Gasteiger partial charge in [0.15, 0.2) is 17.8 Å². The molecule has 1 aromatic heterocycles. The Kier molecular flexibility index (Phi) is 23.7. The number of rotatable bonds is 27. The van der Waals surface area contributed by atoms with Crippen LogP contribution in [-0.4, -0.2) is 165 Å². The summed E-state index contributed by atoms with van der Waals surface area (Å²) in [5, 5.41) is 58.3. The molecule has 0 bridgehead atoms. The first-order chi connectivity index (χ1) is 33.0. The normalized spacial score (nSPS) is 27.5. The molecule has 1 unspecified atom stereocenters. The molecule has 71 heavy (non-hydrogen) atoms. The largest absolute Gasteiger partial charge is 0.469 e. The number of nitrogens with one attached hydrogen (secondary N) is 1. The molecule has 0 radical (unpaired) electrons. The van der Waals surface area contributed by atoms with Crippen molar-refractivity contribution < 1.29 is 77.4 Å². The topological polar surface area (TPSA) is 306 Å². The highest BCUT2D eigenvalue weighted by molar-refractivity contribution is 7.46. The van der Waals surface area contributed by atoms with Gasteiger partial charge in [0.05, 0.1) is 43.2 Å². The van der Waals surface area contributed by atoms with Crippen LogP contribution >= 0.6 is 7.82 Å². The number of hydrogen-bond donors (Lipinski definition) is 9. The zero-order valence-electron chi connectivity index (χ0n) is 43.7. The maximum absolute atomic E-state index is 12.6. The van der Waals surface area contributed by atoms with Crippen LogP contribution in [0.1, 0.15) is 105 Å². The van der Waals surface area contributed by atoms with Crippen LogP contribution in [-0.2, 0) is 37.6 Å². The van der Waals surface area contributed by atoms with Crippen molar-refractivity contribution in [2.75, 3.05) is 41.5 Å². The van der Waals surface area contributed by atoms with Crippen LogP contribution in [0.5, 0.6) is 0 Å². The maximum atomic E-state index is 12.6. The highest BCUT2D eigenvalue weighted by Gasteiger charge is 2.68. The SMILES string of the molecule is COC[C@@H]([C@H](O)[C@H](O)C(=O)NCC[C@H](C)c1nc(/C=C/C[C@@H]2OC3(C[C@@H](O)[C@@H]2C)O[C@H]([C@H](C[C@H](O)[C@H](C)[C@H](O)[C@H](C)/C=C(C)/C(C)=C/C=C/C(C)=C\C(N)=O)OC)[C@H](OP(=O)(O)O)C3(C)C)co1)N(C)C. The molecule has 15 atom stereocenters. The van der Waals surface area contributed by atoms with Crippen LogP contribution in [0.3, 0.4) is 0 Å². The molecular formula is C50H83N4O16P. The third-order valence-corrected chi connectivity index (χ3v) is 14.6. The molecule has 3 rings (SSSR count). The van der Waals surface area contributed by atoms with Gasteiger partial charge in [0.1, 0.15) is 30.3 Å². The lowest BCUT2D eigenvalue weighted by molar-refractivity contribution is -0.334. The van der Waals surface area contributed by atoms with E-state index in [-0.39, 0.29) is 38.3 Å². The van der Waals surface area contributed by atoms with Crippen molar-refractivity contribution in [2.45, 2.75) is 161 Å². The van der Waals surface area contributed by atoms with Gasteiger partial charge in [-0.2, -0.15) is 0 Å². The molecule has 0 saturated carbocycles. The summed E-state index contributed by atoms with van der Waals surface area (Å²) < 4.78 is 48.2. The van der Waals surface area contributed by atoms with Gasteiger partial charge in [-0.15, -0.1) is 0 Å². The average Bonchev–Trinajstić information content (AvgIpc) is 3.83. The predicted molar refractivity (Wildman–Crippen MR) is 266 cm³/mol. The molecule has 0 aromatic carbocycles. The van der Waals surface area contributed by atoms with Crippen LogP contribution < -0.4 is 11.1 Å². The van der Waals surface area contributed by atoms with Crippen molar-refractivity contribution in [3.8, 4) is 0 Å². The first-order valence-corrected chi connectivity index (χ1v) is 25.6. The van der Waals surface area contributed by atoms with E-state index >= 15 is 0 Å². The fraction of sp³-hybridized carbons (Fsp3) is 0.700. The van der Waals surface area contributed by atoms with E-state index in [9.17, 15) is 49.5 Å². The smallest absolute Gasteiger partial charge is 0.448 e. The highest BCUT2D eigenvalue weighted by atomic mass is 31.2. The predicted octanol–water partition coefficient (Wildman–Crippen LogP) is 3.65. The second-order valence-corrected chi connectivity index (χ2v) is 21.3. The fourth-order valence-corrected chi connectivity index (χ4v) is 9.77. The van der Waals surface area contributed by atoms with E-state index in [0.717, 1.165) is 11.1 Å². The number of aliphatic hydroxyl groups excluding tert-OH is 5. The molecule has 20 nitrogen and oxygen atoms in total. The van der Waals surface area contributed by atoms with Crippen molar-refractivity contribution in [3.05, 3.63) is 71.0 Å². The summed E-state index contributed by atoms with van der Waals surface area (Å²) in [6, 6.07) is -0.597. The van der Waals surface area contributed by atoms with Crippen LogP contribution in [0.2, 0.25) is 0 Å². The van der Waals surface area contributed by atoms with Crippen molar-refractivity contribution in [1.82, 2.24) is 15.2 Å². The Labute approximate surface area is 419 Å². The summed E-state index contributed by atoms with van der Waals surface area (Å²) in [6.07, 6.45) is 3.69. The van der Waals surface area contributed by atoms with E-state index in [1.54, 1.807) is 71.0 Å². The molecule has 2 aliphatic heterocycles. The molecule has 2 saturated heterocycles. The van der Waals surface area contributed by atoms with E-state index in [1.165, 1.54) is 26.6 Å². The van der Waals surface area contributed by atoms with E-state index in [4.69, 9.17) is 33.6 Å². The van der Waals surface area contributed by atoms with Gasteiger partial charge in [-0.05, 0) is 64.9 Å². The number of phosphoric ester groups is 1. The molecule has 10 N–H and O–H groups in total. The van der Waals surface area contributed by atoms with Gasteiger partial charge in [-0.25, -0.2) is 9.55 Å². The number of aliphatic hydroxyl groups is 5. The summed E-state index contributed by atoms with van der Waals surface area (Å²) in [6.45, 7) is 16.4. The third kappa shape index (κ3) is 17.0. The molecule has 2 fully saturated rings. The number of nitrogens with zero attached hydrogens (tertiary/aromatic N) is 2. The van der Waals surface area contributed by atoms with Crippen molar-refractivity contribution >= 4 is 25.7 Å². The number of carbonyl (C=O) groups excluding carboxylic acids is 2. The molecule has 3 heterocycles. The number of likely N-dealkylation sites (N-methyl/N-ethyl adjacent to an activating group) is 1. The summed E-state index contributed by atoms with van der Waals surface area (Å²) in [4.78, 5) is 50.4. The monoisotopic (exact) mass is 1030 g/mol. The van der Waals surface area contributed by atoms with Gasteiger partial charge in [0, 0.05) is 68.8 Å². The van der Waals surface area contributed by atoms with E-state index in [2.05, 4.69) is 10.3 Å². The van der Waals surface area contributed by atoms with Gasteiger partial charge in [-0.1, -0.05) is 77.5 Å². The number of allylic oxidation sites excluding steroid dienone is 6. The number of ether oxygens (including phenoxy) is 4. The van der Waals surface area contributed by atoms with Gasteiger partial charge in [0.25, 0.3) is 5.91 Å². The Hall–Kier alpha value is -3.44. The Morgan fingerprint density at radius 1 is 1.06 bits per heavy atom. The van der Waals surface area contributed by atoms with E-state index in [0.29, 0.717) is 23.6 Å². The number of primary amides is 1. The average molecular weight is 1030 g/mol. The van der Waals surface area contributed by atoms with Crippen LogP contribution in [0.15, 0.2) is 63.9 Å².